The molecule has 0 spiro atoms. The lowest BCUT2D eigenvalue weighted by Crippen LogP contribution is -2.38. The number of H-pyrrole nitrogens is 1. The first-order valence-electron chi connectivity index (χ1n) is 5.81. The molecule has 0 radical (unpaired) electrons. The molecule has 0 saturated carbocycles. The predicted octanol–water partition coefficient (Wildman–Crippen LogP) is -1.26. The fourth-order valence-corrected chi connectivity index (χ4v) is 2.03. The van der Waals surface area contributed by atoms with Gasteiger partial charge < -0.3 is 14.9 Å². The van der Waals surface area contributed by atoms with Crippen molar-refractivity contribution in [1.82, 2.24) is 9.55 Å². The number of aromatic nitrogens is 2. The van der Waals surface area contributed by atoms with Crippen molar-refractivity contribution < 1.29 is 14.9 Å². The van der Waals surface area contributed by atoms with Crippen LogP contribution in [-0.4, -0.2) is 38.1 Å². The topological polar surface area (TPSA) is 105 Å². The Morgan fingerprint density at radius 2 is 2.06 bits per heavy atom. The van der Waals surface area contributed by atoms with Gasteiger partial charge in [0.1, 0.15) is 12.2 Å². The Hall–Kier alpha value is -1.44. The van der Waals surface area contributed by atoms with Gasteiger partial charge in [-0.1, -0.05) is 6.92 Å². The van der Waals surface area contributed by atoms with Gasteiger partial charge in [0.2, 0.25) is 0 Å². The molecule has 0 amide bonds. The molecule has 2 heterocycles. The van der Waals surface area contributed by atoms with Gasteiger partial charge in [-0.05, 0) is 13.3 Å². The maximum Gasteiger partial charge on any atom is 0.330 e. The summed E-state index contributed by atoms with van der Waals surface area (Å²) in [6.45, 7) is 3.38. The van der Waals surface area contributed by atoms with E-state index in [-0.39, 0.29) is 0 Å². The van der Waals surface area contributed by atoms with Gasteiger partial charge in [0.05, 0.1) is 6.10 Å². The van der Waals surface area contributed by atoms with Crippen molar-refractivity contribution in [2.24, 2.45) is 0 Å². The van der Waals surface area contributed by atoms with E-state index in [2.05, 4.69) is 4.98 Å². The second-order valence-electron chi connectivity index (χ2n) is 4.39. The van der Waals surface area contributed by atoms with Crippen molar-refractivity contribution in [3.8, 4) is 0 Å². The molecule has 0 aromatic carbocycles. The van der Waals surface area contributed by atoms with Crippen molar-refractivity contribution in [1.29, 1.82) is 0 Å². The summed E-state index contributed by atoms with van der Waals surface area (Å²) in [7, 11) is 0. The third-order valence-corrected chi connectivity index (χ3v) is 3.17. The second kappa shape index (κ2) is 4.68. The number of aliphatic hydroxyl groups is 2. The molecule has 0 aliphatic carbocycles. The Morgan fingerprint density at radius 1 is 1.39 bits per heavy atom. The lowest BCUT2D eigenvalue weighted by Gasteiger charge is -2.17. The van der Waals surface area contributed by atoms with Crippen molar-refractivity contribution >= 4 is 0 Å². The van der Waals surface area contributed by atoms with Gasteiger partial charge in [-0.15, -0.1) is 0 Å². The predicted molar refractivity (Wildman–Crippen MR) is 62.3 cm³/mol. The molecule has 4 atom stereocenters. The average Bonchev–Trinajstić information content (AvgIpc) is 2.57. The molecule has 1 aliphatic rings. The Morgan fingerprint density at radius 3 is 2.56 bits per heavy atom. The lowest BCUT2D eigenvalue weighted by molar-refractivity contribution is -0.0352. The summed E-state index contributed by atoms with van der Waals surface area (Å²) < 4.78 is 6.44. The number of rotatable bonds is 2. The van der Waals surface area contributed by atoms with Crippen LogP contribution in [0.1, 0.15) is 25.6 Å². The number of nitrogens with one attached hydrogen (secondary N) is 1. The van der Waals surface area contributed by atoms with E-state index in [4.69, 9.17) is 4.74 Å². The van der Waals surface area contributed by atoms with Crippen LogP contribution >= 0.6 is 0 Å². The van der Waals surface area contributed by atoms with E-state index < -0.39 is 35.8 Å². The molecule has 2 rings (SSSR count). The van der Waals surface area contributed by atoms with E-state index in [9.17, 15) is 19.8 Å². The van der Waals surface area contributed by atoms with Crippen LogP contribution in [0.3, 0.4) is 0 Å². The quantitative estimate of drug-likeness (QED) is 0.612. The van der Waals surface area contributed by atoms with Crippen LogP contribution in [-0.2, 0) is 11.2 Å². The number of hydrogen-bond acceptors (Lipinski definition) is 5. The maximum atomic E-state index is 11.7. The molecule has 0 unspecified atom stereocenters. The van der Waals surface area contributed by atoms with Gasteiger partial charge >= 0.3 is 5.69 Å². The summed E-state index contributed by atoms with van der Waals surface area (Å²) in [4.78, 5) is 25.3. The highest BCUT2D eigenvalue weighted by Gasteiger charge is 2.41. The first-order chi connectivity index (χ1) is 8.45. The van der Waals surface area contributed by atoms with E-state index in [1.54, 1.807) is 13.8 Å². The van der Waals surface area contributed by atoms with E-state index in [0.717, 1.165) is 4.57 Å². The zero-order valence-corrected chi connectivity index (χ0v) is 10.2. The molecule has 1 fully saturated rings. The van der Waals surface area contributed by atoms with Crippen molar-refractivity contribution in [2.75, 3.05) is 0 Å². The zero-order valence-electron chi connectivity index (χ0n) is 10.2. The molecule has 1 aromatic rings. The van der Waals surface area contributed by atoms with Gasteiger partial charge in [0.15, 0.2) is 6.23 Å². The normalized spacial score (nSPS) is 31.8. The summed E-state index contributed by atoms with van der Waals surface area (Å²) in [5.41, 5.74) is -0.693. The van der Waals surface area contributed by atoms with Crippen molar-refractivity contribution in [3.05, 3.63) is 32.6 Å². The Kier molecular flexibility index (Phi) is 3.38. The molecule has 100 valence electrons. The van der Waals surface area contributed by atoms with E-state index in [0.29, 0.717) is 12.0 Å². The maximum absolute atomic E-state index is 11.7. The first kappa shape index (κ1) is 13.0. The number of aromatic amines is 1. The Balaban J connectivity index is 2.46. The largest absolute Gasteiger partial charge is 0.388 e. The summed E-state index contributed by atoms with van der Waals surface area (Å²) >= 11 is 0. The van der Waals surface area contributed by atoms with Crippen LogP contribution in [0, 0.1) is 0 Å². The highest BCUT2D eigenvalue weighted by Crippen LogP contribution is 2.27. The summed E-state index contributed by atoms with van der Waals surface area (Å²) in [6, 6.07) is 0. The third-order valence-electron chi connectivity index (χ3n) is 3.17. The molecular weight excluding hydrogens is 240 g/mol. The molecule has 1 aliphatic heterocycles. The number of hydrogen-bond donors (Lipinski definition) is 3. The lowest BCUT2D eigenvalue weighted by atomic mass is 10.1. The van der Waals surface area contributed by atoms with Crippen LogP contribution in [0.4, 0.5) is 0 Å². The minimum absolute atomic E-state index is 0.416. The number of aliphatic hydroxyl groups excluding tert-OH is 2. The average molecular weight is 256 g/mol. The Bertz CT molecular complexity index is 549. The van der Waals surface area contributed by atoms with Crippen LogP contribution in [0.25, 0.3) is 0 Å². The second-order valence-corrected chi connectivity index (χ2v) is 4.39. The number of aryl methyl sites for hydroxylation is 1. The number of nitrogens with zero attached hydrogens (tertiary/aromatic N) is 1. The van der Waals surface area contributed by atoms with Gasteiger partial charge in [0.25, 0.3) is 5.56 Å². The molecular formula is C11H16N2O5. The fraction of sp³-hybridized carbons (Fsp3) is 0.636. The van der Waals surface area contributed by atoms with Gasteiger partial charge in [0, 0.05) is 11.8 Å². The van der Waals surface area contributed by atoms with Crippen molar-refractivity contribution in [3.63, 3.8) is 0 Å². The first-order valence-corrected chi connectivity index (χ1v) is 5.81. The molecule has 7 nitrogen and oxygen atoms in total. The van der Waals surface area contributed by atoms with Crippen LogP contribution in [0.5, 0.6) is 0 Å². The summed E-state index contributed by atoms with van der Waals surface area (Å²) in [5.74, 6) is 0. The summed E-state index contributed by atoms with van der Waals surface area (Å²) in [6.07, 6.45) is -2.00. The van der Waals surface area contributed by atoms with Crippen molar-refractivity contribution in [2.45, 2.75) is 44.8 Å². The van der Waals surface area contributed by atoms with E-state index in [1.165, 1.54) is 6.20 Å². The minimum Gasteiger partial charge on any atom is -0.388 e. The van der Waals surface area contributed by atoms with Crippen LogP contribution < -0.4 is 11.2 Å². The highest BCUT2D eigenvalue weighted by molar-refractivity contribution is 5.05. The highest BCUT2D eigenvalue weighted by atomic mass is 16.6. The Labute approximate surface area is 103 Å². The minimum atomic E-state index is -1.20. The fourth-order valence-electron chi connectivity index (χ4n) is 2.03. The van der Waals surface area contributed by atoms with Gasteiger partial charge in [-0.3, -0.25) is 14.3 Å². The zero-order chi connectivity index (χ0) is 13.4. The van der Waals surface area contributed by atoms with E-state index >= 15 is 0 Å². The summed E-state index contributed by atoms with van der Waals surface area (Å²) in [5, 5.41) is 19.4. The molecule has 18 heavy (non-hydrogen) atoms. The monoisotopic (exact) mass is 256 g/mol. The van der Waals surface area contributed by atoms with Gasteiger partial charge in [-0.2, -0.15) is 0 Å². The standard InChI is InChI=1S/C11H16N2O5/c1-3-6-4-13(11(17)12-9(6)16)10-8(15)7(14)5(2)18-10/h4-5,7-8,10,14-15H,3H2,1-2H3,(H,12,16,17)/t5-,7-,8-,10-/m1/s1. The third kappa shape index (κ3) is 2.00. The SMILES string of the molecule is CCc1cn([C@@H]2O[C@H](C)[C@@H](O)[C@H]2O)c(=O)[nH]c1=O. The molecule has 7 heteroatoms. The van der Waals surface area contributed by atoms with E-state index in [1.807, 2.05) is 0 Å². The molecule has 1 aromatic heterocycles. The van der Waals surface area contributed by atoms with Crippen LogP contribution in [0.15, 0.2) is 15.8 Å². The van der Waals surface area contributed by atoms with Crippen LogP contribution in [0.2, 0.25) is 0 Å². The smallest absolute Gasteiger partial charge is 0.330 e. The molecule has 1 saturated heterocycles. The molecule has 3 N–H and O–H groups in total. The van der Waals surface area contributed by atoms with Gasteiger partial charge in [-0.25, -0.2) is 4.79 Å². The number of ether oxygens (including phenoxy) is 1. The molecule has 0 bridgehead atoms.